The van der Waals surface area contributed by atoms with Crippen LogP contribution < -0.4 is 15.5 Å². The van der Waals surface area contributed by atoms with Crippen molar-refractivity contribution in [2.75, 3.05) is 36.4 Å². The Kier molecular flexibility index (Phi) is 6.06. The molecular weight excluding hydrogens is 338 g/mol. The van der Waals surface area contributed by atoms with Crippen molar-refractivity contribution >= 4 is 29.1 Å². The zero-order chi connectivity index (χ0) is 17.5. The summed E-state index contributed by atoms with van der Waals surface area (Å²) in [6.07, 6.45) is 4.28. The maximum absolute atomic E-state index is 12.0. The standard InChI is InChI=1S/C18H22ClN5O/c19-15-6-2-1-5-14(15)11-18(25)21-8-7-20-16-12-17(23-13-22-16)24-9-3-4-10-24/h1-2,5-6,12-13H,3-4,7-11H2,(H,21,25)(H,20,22,23). The molecule has 1 aliphatic rings. The van der Waals surface area contributed by atoms with E-state index in [1.165, 1.54) is 12.8 Å². The minimum atomic E-state index is -0.0460. The van der Waals surface area contributed by atoms with Gasteiger partial charge < -0.3 is 15.5 Å². The Morgan fingerprint density at radius 3 is 2.76 bits per heavy atom. The molecule has 0 radical (unpaired) electrons. The van der Waals surface area contributed by atoms with E-state index in [1.807, 2.05) is 24.3 Å². The monoisotopic (exact) mass is 359 g/mol. The van der Waals surface area contributed by atoms with E-state index in [0.717, 1.165) is 30.3 Å². The molecule has 1 aromatic carbocycles. The number of aromatic nitrogens is 2. The molecule has 7 heteroatoms. The van der Waals surface area contributed by atoms with Crippen LogP contribution in [0.4, 0.5) is 11.6 Å². The summed E-state index contributed by atoms with van der Waals surface area (Å²) in [5.74, 6) is 1.69. The van der Waals surface area contributed by atoms with Gasteiger partial charge >= 0.3 is 0 Å². The lowest BCUT2D eigenvalue weighted by Crippen LogP contribution is -2.30. The Bertz CT molecular complexity index is 718. The third-order valence-electron chi connectivity index (χ3n) is 4.14. The number of nitrogens with one attached hydrogen (secondary N) is 2. The molecule has 0 unspecified atom stereocenters. The summed E-state index contributed by atoms with van der Waals surface area (Å²) in [5, 5.41) is 6.72. The molecule has 1 fully saturated rings. The number of hydrogen-bond acceptors (Lipinski definition) is 5. The highest BCUT2D eigenvalue weighted by atomic mass is 35.5. The van der Waals surface area contributed by atoms with Gasteiger partial charge in [0.2, 0.25) is 5.91 Å². The van der Waals surface area contributed by atoms with Crippen LogP contribution in [-0.2, 0) is 11.2 Å². The molecule has 1 amide bonds. The van der Waals surface area contributed by atoms with E-state index < -0.39 is 0 Å². The molecular formula is C18H22ClN5O. The van der Waals surface area contributed by atoms with Crippen LogP contribution in [0.3, 0.4) is 0 Å². The lowest BCUT2D eigenvalue weighted by molar-refractivity contribution is -0.120. The van der Waals surface area contributed by atoms with Gasteiger partial charge in [0.05, 0.1) is 6.42 Å². The first-order valence-corrected chi connectivity index (χ1v) is 8.91. The summed E-state index contributed by atoms with van der Waals surface area (Å²) in [5.41, 5.74) is 0.834. The fraction of sp³-hybridized carbons (Fsp3) is 0.389. The van der Waals surface area contributed by atoms with Gasteiger partial charge in [-0.3, -0.25) is 4.79 Å². The highest BCUT2D eigenvalue weighted by molar-refractivity contribution is 6.31. The smallest absolute Gasteiger partial charge is 0.224 e. The zero-order valence-electron chi connectivity index (χ0n) is 14.0. The van der Waals surface area contributed by atoms with Crippen molar-refractivity contribution in [3.8, 4) is 0 Å². The Morgan fingerprint density at radius 2 is 1.96 bits per heavy atom. The zero-order valence-corrected chi connectivity index (χ0v) is 14.8. The van der Waals surface area contributed by atoms with Gasteiger partial charge in [0, 0.05) is 37.3 Å². The molecule has 6 nitrogen and oxygen atoms in total. The Hall–Kier alpha value is -2.34. The second kappa shape index (κ2) is 8.67. The average molecular weight is 360 g/mol. The molecule has 0 spiro atoms. The molecule has 3 rings (SSSR count). The van der Waals surface area contributed by atoms with Crippen LogP contribution in [-0.4, -0.2) is 42.1 Å². The molecule has 2 heterocycles. The SMILES string of the molecule is O=C(Cc1ccccc1Cl)NCCNc1cc(N2CCCC2)ncn1. The summed E-state index contributed by atoms with van der Waals surface area (Å²) in [7, 11) is 0. The van der Waals surface area contributed by atoms with E-state index in [4.69, 9.17) is 11.6 Å². The Labute approximate surface area is 152 Å². The normalized spacial score (nSPS) is 13.7. The molecule has 0 saturated carbocycles. The second-order valence-corrected chi connectivity index (χ2v) is 6.41. The molecule has 1 aromatic heterocycles. The number of nitrogens with zero attached hydrogens (tertiary/aromatic N) is 3. The summed E-state index contributed by atoms with van der Waals surface area (Å²) >= 11 is 6.07. The summed E-state index contributed by atoms with van der Waals surface area (Å²) in [4.78, 5) is 22.8. The summed E-state index contributed by atoms with van der Waals surface area (Å²) in [6.45, 7) is 3.22. The minimum absolute atomic E-state index is 0.0460. The van der Waals surface area contributed by atoms with Crippen LogP contribution >= 0.6 is 11.6 Å². The van der Waals surface area contributed by atoms with Crippen molar-refractivity contribution in [3.63, 3.8) is 0 Å². The van der Waals surface area contributed by atoms with Crippen LogP contribution in [0.25, 0.3) is 0 Å². The number of rotatable bonds is 7. The van der Waals surface area contributed by atoms with Gasteiger partial charge in [-0.1, -0.05) is 29.8 Å². The molecule has 1 aliphatic heterocycles. The molecule has 2 aromatic rings. The maximum atomic E-state index is 12.0. The van der Waals surface area contributed by atoms with Crippen molar-refractivity contribution in [2.45, 2.75) is 19.3 Å². The van der Waals surface area contributed by atoms with E-state index in [0.29, 0.717) is 18.1 Å². The van der Waals surface area contributed by atoms with Gasteiger partial charge in [0.15, 0.2) is 0 Å². The first kappa shape index (κ1) is 17.5. The van der Waals surface area contributed by atoms with Crippen LogP contribution in [0.5, 0.6) is 0 Å². The van der Waals surface area contributed by atoms with E-state index in [2.05, 4.69) is 25.5 Å². The van der Waals surface area contributed by atoms with E-state index in [-0.39, 0.29) is 12.3 Å². The van der Waals surface area contributed by atoms with Crippen LogP contribution in [0, 0.1) is 0 Å². The highest BCUT2D eigenvalue weighted by Crippen LogP contribution is 2.19. The third-order valence-corrected chi connectivity index (χ3v) is 4.51. The van der Waals surface area contributed by atoms with E-state index in [9.17, 15) is 4.79 Å². The topological polar surface area (TPSA) is 70.2 Å². The van der Waals surface area contributed by atoms with Gasteiger partial charge in [0.1, 0.15) is 18.0 Å². The van der Waals surface area contributed by atoms with E-state index in [1.54, 1.807) is 12.4 Å². The number of amides is 1. The number of halogens is 1. The van der Waals surface area contributed by atoms with E-state index >= 15 is 0 Å². The Balaban J connectivity index is 1.41. The lowest BCUT2D eigenvalue weighted by Gasteiger charge is -2.16. The van der Waals surface area contributed by atoms with Crippen molar-refractivity contribution in [2.24, 2.45) is 0 Å². The molecule has 0 atom stereocenters. The van der Waals surface area contributed by atoms with Crippen molar-refractivity contribution in [1.82, 2.24) is 15.3 Å². The predicted octanol–water partition coefficient (Wildman–Crippen LogP) is 2.50. The van der Waals surface area contributed by atoms with Gasteiger partial charge in [0.25, 0.3) is 0 Å². The van der Waals surface area contributed by atoms with Crippen molar-refractivity contribution in [1.29, 1.82) is 0 Å². The maximum Gasteiger partial charge on any atom is 0.224 e. The van der Waals surface area contributed by atoms with Crippen molar-refractivity contribution < 1.29 is 4.79 Å². The third kappa shape index (κ3) is 5.06. The largest absolute Gasteiger partial charge is 0.368 e. The molecule has 1 saturated heterocycles. The second-order valence-electron chi connectivity index (χ2n) is 6.00. The fourth-order valence-electron chi connectivity index (χ4n) is 2.83. The first-order valence-electron chi connectivity index (χ1n) is 8.53. The molecule has 132 valence electrons. The fourth-order valence-corrected chi connectivity index (χ4v) is 3.04. The van der Waals surface area contributed by atoms with Gasteiger partial charge in [-0.15, -0.1) is 0 Å². The molecule has 2 N–H and O–H groups in total. The Morgan fingerprint density at radius 1 is 1.16 bits per heavy atom. The predicted molar refractivity (Wildman–Crippen MR) is 100 cm³/mol. The van der Waals surface area contributed by atoms with Crippen LogP contribution in [0.2, 0.25) is 5.02 Å². The summed E-state index contributed by atoms with van der Waals surface area (Å²) in [6, 6.07) is 9.34. The van der Waals surface area contributed by atoms with Gasteiger partial charge in [-0.05, 0) is 24.5 Å². The molecule has 0 aliphatic carbocycles. The number of benzene rings is 1. The lowest BCUT2D eigenvalue weighted by atomic mass is 10.1. The van der Waals surface area contributed by atoms with Crippen LogP contribution in [0.1, 0.15) is 18.4 Å². The quantitative estimate of drug-likeness (QED) is 0.743. The summed E-state index contributed by atoms with van der Waals surface area (Å²) < 4.78 is 0. The number of anilines is 2. The number of hydrogen-bond donors (Lipinski definition) is 2. The average Bonchev–Trinajstić information content (AvgIpc) is 3.16. The van der Waals surface area contributed by atoms with Crippen LogP contribution in [0.15, 0.2) is 36.7 Å². The first-order chi connectivity index (χ1) is 12.2. The molecule has 0 bridgehead atoms. The number of carbonyl (C=O) groups excluding carboxylic acids is 1. The van der Waals surface area contributed by atoms with Gasteiger partial charge in [-0.2, -0.15) is 0 Å². The number of carbonyl (C=O) groups is 1. The highest BCUT2D eigenvalue weighted by Gasteiger charge is 2.13. The minimum Gasteiger partial charge on any atom is -0.368 e. The van der Waals surface area contributed by atoms with Crippen molar-refractivity contribution in [3.05, 3.63) is 47.2 Å². The molecule has 25 heavy (non-hydrogen) atoms. The van der Waals surface area contributed by atoms with Gasteiger partial charge in [-0.25, -0.2) is 9.97 Å².